The summed E-state index contributed by atoms with van der Waals surface area (Å²) in [6.07, 6.45) is -4.03. The molecule has 3 heterocycles. The number of benzene rings is 1. The van der Waals surface area contributed by atoms with Gasteiger partial charge in [0, 0.05) is 5.56 Å². The van der Waals surface area contributed by atoms with Crippen molar-refractivity contribution in [2.45, 2.75) is 69.3 Å². The van der Waals surface area contributed by atoms with Gasteiger partial charge in [-0.15, -0.1) is 0 Å². The summed E-state index contributed by atoms with van der Waals surface area (Å²) in [7, 11) is 0. The smallest absolute Gasteiger partial charge is 0.234 e. The number of Topliss-reactive ketones (excluding diaryl/α,β-unsaturated/α-hetero) is 2. The second-order valence-corrected chi connectivity index (χ2v) is 7.92. The highest BCUT2D eigenvalue weighted by atomic mass is 16.8. The van der Waals surface area contributed by atoms with E-state index in [9.17, 15) is 14.7 Å². The van der Waals surface area contributed by atoms with E-state index in [1.807, 2.05) is 0 Å². The molecule has 7 heteroatoms. The average molecular weight is 362 g/mol. The predicted molar refractivity (Wildman–Crippen MR) is 88.4 cm³/mol. The van der Waals surface area contributed by atoms with Crippen LogP contribution in [0.1, 0.15) is 38.1 Å². The van der Waals surface area contributed by atoms with E-state index in [0.717, 1.165) is 0 Å². The summed E-state index contributed by atoms with van der Waals surface area (Å²) in [4.78, 5) is 25.4. The van der Waals surface area contributed by atoms with Crippen molar-refractivity contribution in [2.24, 2.45) is 0 Å². The molecule has 3 aliphatic rings. The topological polar surface area (TPSA) is 91.3 Å². The van der Waals surface area contributed by atoms with Crippen LogP contribution in [-0.4, -0.2) is 58.3 Å². The Bertz CT molecular complexity index is 756. The Hall–Kier alpha value is -1.64. The van der Waals surface area contributed by atoms with E-state index in [2.05, 4.69) is 0 Å². The number of ether oxygens (including phenoxy) is 4. The monoisotopic (exact) mass is 362 g/mol. The van der Waals surface area contributed by atoms with Crippen molar-refractivity contribution in [2.75, 3.05) is 0 Å². The lowest BCUT2D eigenvalue weighted by Crippen LogP contribution is -2.83. The van der Waals surface area contributed by atoms with Gasteiger partial charge in [0.25, 0.3) is 0 Å². The minimum absolute atomic E-state index is 0.270. The Labute approximate surface area is 151 Å². The molecular formula is C19H22O7. The molecule has 0 bridgehead atoms. The third-order valence-corrected chi connectivity index (χ3v) is 5.38. The van der Waals surface area contributed by atoms with Gasteiger partial charge in [-0.2, -0.15) is 0 Å². The van der Waals surface area contributed by atoms with E-state index in [1.54, 1.807) is 58.0 Å². The van der Waals surface area contributed by atoms with Crippen molar-refractivity contribution in [3.8, 4) is 0 Å². The van der Waals surface area contributed by atoms with E-state index < -0.39 is 53.2 Å². The van der Waals surface area contributed by atoms with Crippen LogP contribution >= 0.6 is 0 Å². The Morgan fingerprint density at radius 3 is 2.27 bits per heavy atom. The van der Waals surface area contributed by atoms with Gasteiger partial charge in [0.05, 0.1) is 0 Å². The molecule has 1 N–H and O–H groups in total. The molecule has 26 heavy (non-hydrogen) atoms. The quantitative estimate of drug-likeness (QED) is 0.639. The second-order valence-electron chi connectivity index (χ2n) is 7.92. The van der Waals surface area contributed by atoms with Crippen molar-refractivity contribution in [3.05, 3.63) is 35.9 Å². The number of carbonyl (C=O) groups is 2. The summed E-state index contributed by atoms with van der Waals surface area (Å²) in [6.45, 7) is 6.82. The van der Waals surface area contributed by atoms with E-state index >= 15 is 0 Å². The van der Waals surface area contributed by atoms with Gasteiger partial charge in [-0.25, -0.2) is 0 Å². The largest absolute Gasteiger partial charge is 0.379 e. The molecule has 0 spiro atoms. The maximum absolute atomic E-state index is 12.8. The summed E-state index contributed by atoms with van der Waals surface area (Å²) in [5, 5.41) is 11.2. The molecule has 0 unspecified atom stereocenters. The average Bonchev–Trinajstić information content (AvgIpc) is 2.92. The Morgan fingerprint density at radius 1 is 1.00 bits per heavy atom. The van der Waals surface area contributed by atoms with Crippen LogP contribution in [0.5, 0.6) is 0 Å². The van der Waals surface area contributed by atoms with Crippen molar-refractivity contribution in [1.29, 1.82) is 0 Å². The maximum Gasteiger partial charge on any atom is 0.234 e. The highest BCUT2D eigenvalue weighted by molar-refractivity contribution is 6.45. The lowest BCUT2D eigenvalue weighted by Gasteiger charge is -2.62. The summed E-state index contributed by atoms with van der Waals surface area (Å²) in [6, 6.07) is 8.25. The fourth-order valence-electron chi connectivity index (χ4n) is 3.92. The number of ketones is 2. The highest BCUT2D eigenvalue weighted by Gasteiger charge is 2.76. The Morgan fingerprint density at radius 2 is 1.65 bits per heavy atom. The molecule has 140 valence electrons. The van der Waals surface area contributed by atoms with Gasteiger partial charge in [-0.3, -0.25) is 9.59 Å². The first-order valence-electron chi connectivity index (χ1n) is 8.62. The second kappa shape index (κ2) is 5.43. The predicted octanol–water partition coefficient (Wildman–Crippen LogP) is 1.22. The molecule has 3 aliphatic heterocycles. The van der Waals surface area contributed by atoms with Crippen LogP contribution < -0.4 is 0 Å². The molecule has 3 saturated heterocycles. The molecule has 0 amide bonds. The normalized spacial score (nSPS) is 39.4. The van der Waals surface area contributed by atoms with Crippen molar-refractivity contribution in [1.82, 2.24) is 0 Å². The minimum Gasteiger partial charge on any atom is -0.379 e. The van der Waals surface area contributed by atoms with Gasteiger partial charge < -0.3 is 24.1 Å². The maximum atomic E-state index is 12.8. The number of hydrogen-bond donors (Lipinski definition) is 1. The molecule has 1 aromatic carbocycles. The number of hydrogen-bond acceptors (Lipinski definition) is 7. The number of carbonyl (C=O) groups excluding carboxylic acids is 2. The van der Waals surface area contributed by atoms with Crippen molar-refractivity contribution < 1.29 is 33.6 Å². The van der Waals surface area contributed by atoms with Crippen molar-refractivity contribution in [3.63, 3.8) is 0 Å². The third kappa shape index (κ3) is 2.32. The summed E-state index contributed by atoms with van der Waals surface area (Å²) in [5.41, 5.74) is -2.13. The molecule has 5 atom stereocenters. The molecule has 0 saturated carbocycles. The zero-order valence-corrected chi connectivity index (χ0v) is 15.1. The molecule has 4 rings (SSSR count). The van der Waals surface area contributed by atoms with Gasteiger partial charge in [0.1, 0.15) is 17.8 Å². The lowest BCUT2D eigenvalue weighted by molar-refractivity contribution is -0.458. The molecule has 3 fully saturated rings. The van der Waals surface area contributed by atoms with Crippen LogP contribution in [0.2, 0.25) is 0 Å². The molecule has 1 aromatic rings. The first-order chi connectivity index (χ1) is 12.1. The number of fused-ring (bicyclic) bond motifs is 3. The van der Waals surface area contributed by atoms with E-state index in [0.29, 0.717) is 0 Å². The number of rotatable bonds is 3. The molecular weight excluding hydrogens is 340 g/mol. The minimum atomic E-state index is -1.47. The van der Waals surface area contributed by atoms with Crippen LogP contribution in [0.15, 0.2) is 30.3 Å². The van der Waals surface area contributed by atoms with Gasteiger partial charge in [0.2, 0.25) is 11.6 Å². The summed E-state index contributed by atoms with van der Waals surface area (Å²) >= 11 is 0. The van der Waals surface area contributed by atoms with Crippen LogP contribution in [-0.2, 0) is 23.7 Å². The van der Waals surface area contributed by atoms with Crippen LogP contribution in [0, 0.1) is 0 Å². The Kier molecular flexibility index (Phi) is 3.71. The highest BCUT2D eigenvalue weighted by Crippen LogP contribution is 2.54. The summed E-state index contributed by atoms with van der Waals surface area (Å²) in [5.74, 6) is -2.45. The standard InChI is InChI=1S/C19H22O7/c1-17(2)19(22)15-14(24-18(3,4)25-15)13(23-16(19)26-17)12(21)11(20)10-8-6-5-7-9-10/h5-9,13-16,22H,1-4H3/t13-,14+,15+,16-,19-/m1/s1. The van der Waals surface area contributed by atoms with E-state index in [4.69, 9.17) is 18.9 Å². The molecule has 0 aliphatic carbocycles. The SMILES string of the molecule is CC1(C)O[C@H]2[C@@H](C(=O)C(=O)c3ccccc3)O[C@@H]3OC(C)(C)[C@@]3(O)[C@H]2O1. The van der Waals surface area contributed by atoms with Gasteiger partial charge in [-0.05, 0) is 27.7 Å². The molecule has 0 aromatic heterocycles. The third-order valence-electron chi connectivity index (χ3n) is 5.38. The fourth-order valence-corrected chi connectivity index (χ4v) is 3.92. The Balaban J connectivity index is 1.66. The fraction of sp³-hybridized carbons (Fsp3) is 0.579. The van der Waals surface area contributed by atoms with Gasteiger partial charge in [0.15, 0.2) is 23.8 Å². The van der Waals surface area contributed by atoms with E-state index in [1.165, 1.54) is 0 Å². The van der Waals surface area contributed by atoms with Crippen LogP contribution in [0.25, 0.3) is 0 Å². The lowest BCUT2D eigenvalue weighted by atomic mass is 9.70. The van der Waals surface area contributed by atoms with Crippen LogP contribution in [0.4, 0.5) is 0 Å². The zero-order chi connectivity index (χ0) is 18.9. The van der Waals surface area contributed by atoms with Gasteiger partial charge >= 0.3 is 0 Å². The molecule has 7 nitrogen and oxygen atoms in total. The number of aliphatic hydroxyl groups is 1. The van der Waals surface area contributed by atoms with E-state index in [-0.39, 0.29) is 5.56 Å². The zero-order valence-electron chi connectivity index (χ0n) is 15.1. The first kappa shape index (κ1) is 17.8. The first-order valence-corrected chi connectivity index (χ1v) is 8.62. The van der Waals surface area contributed by atoms with Crippen LogP contribution in [0.3, 0.4) is 0 Å². The van der Waals surface area contributed by atoms with Gasteiger partial charge in [-0.1, -0.05) is 30.3 Å². The summed E-state index contributed by atoms with van der Waals surface area (Å²) < 4.78 is 23.0. The van der Waals surface area contributed by atoms with Crippen molar-refractivity contribution >= 4 is 11.6 Å². The molecule has 0 radical (unpaired) electrons.